The first-order valence-corrected chi connectivity index (χ1v) is 13.0. The molecule has 3 heterocycles. The molecular formula is C27H31F3N6O4. The third kappa shape index (κ3) is 5.32. The molecule has 13 heteroatoms. The van der Waals surface area contributed by atoms with E-state index in [-0.39, 0.29) is 36.6 Å². The molecule has 0 radical (unpaired) electrons. The number of hydrogen-bond acceptors (Lipinski definition) is 6. The fourth-order valence-corrected chi connectivity index (χ4v) is 4.14. The van der Waals surface area contributed by atoms with Crippen molar-refractivity contribution in [3.63, 3.8) is 0 Å². The lowest BCUT2D eigenvalue weighted by Crippen LogP contribution is -2.41. The lowest BCUT2D eigenvalue weighted by Gasteiger charge is -2.20. The number of fused-ring (bicyclic) bond motifs is 1. The van der Waals surface area contributed by atoms with Crippen LogP contribution in [0.1, 0.15) is 58.6 Å². The topological polar surface area (TPSA) is 106 Å². The van der Waals surface area contributed by atoms with Crippen molar-refractivity contribution >= 4 is 17.1 Å². The summed E-state index contributed by atoms with van der Waals surface area (Å²) < 4.78 is 44.4. The molecule has 10 nitrogen and oxygen atoms in total. The molecule has 0 aliphatic rings. The molecule has 1 aromatic carbocycles. The first-order chi connectivity index (χ1) is 18.8. The van der Waals surface area contributed by atoms with E-state index in [9.17, 15) is 27.6 Å². The Hall–Kier alpha value is -4.16. The van der Waals surface area contributed by atoms with Gasteiger partial charge in [0, 0.05) is 19.3 Å². The number of rotatable bonds is 9. The maximum absolute atomic E-state index is 13.5. The van der Waals surface area contributed by atoms with Gasteiger partial charge in [0.15, 0.2) is 17.0 Å². The van der Waals surface area contributed by atoms with Crippen LogP contribution in [0.4, 0.5) is 13.2 Å². The highest BCUT2D eigenvalue weighted by atomic mass is 19.4. The molecule has 4 rings (SSSR count). The molecule has 214 valence electrons. The van der Waals surface area contributed by atoms with Crippen molar-refractivity contribution in [1.29, 1.82) is 0 Å². The molecule has 0 aliphatic carbocycles. The third-order valence-corrected chi connectivity index (χ3v) is 6.85. The SMILES string of the molecule is CCCn1c(=O)c2c(nc(-c3cnn(Cc4cccc(C(F)(F)F)c4)c3)n2OC(=O)C(C)(C)CC)n(CC)c1=O. The molecule has 4 aromatic rings. The summed E-state index contributed by atoms with van der Waals surface area (Å²) in [5, 5.41) is 4.25. The van der Waals surface area contributed by atoms with Crippen LogP contribution >= 0.6 is 0 Å². The van der Waals surface area contributed by atoms with E-state index in [0.717, 1.165) is 21.4 Å². The van der Waals surface area contributed by atoms with Gasteiger partial charge in [0.05, 0.1) is 29.3 Å². The zero-order chi connectivity index (χ0) is 29.4. The van der Waals surface area contributed by atoms with E-state index in [2.05, 4.69) is 10.1 Å². The molecule has 3 aromatic heterocycles. The van der Waals surface area contributed by atoms with E-state index in [0.29, 0.717) is 24.0 Å². The number of nitrogens with zero attached hydrogens (tertiary/aromatic N) is 6. The third-order valence-electron chi connectivity index (χ3n) is 6.85. The molecule has 0 amide bonds. The number of carbonyl (C=O) groups excluding carboxylic acids is 1. The van der Waals surface area contributed by atoms with Crippen molar-refractivity contribution < 1.29 is 22.8 Å². The second kappa shape index (κ2) is 10.8. The van der Waals surface area contributed by atoms with Gasteiger partial charge in [-0.2, -0.15) is 18.3 Å². The lowest BCUT2D eigenvalue weighted by molar-refractivity contribution is -0.153. The van der Waals surface area contributed by atoms with Gasteiger partial charge in [0.1, 0.15) is 0 Å². The second-order valence-electron chi connectivity index (χ2n) is 10.1. The highest BCUT2D eigenvalue weighted by molar-refractivity contribution is 5.80. The average Bonchev–Trinajstić information content (AvgIpc) is 3.51. The number of halogens is 3. The molecule has 0 aliphatic heterocycles. The molecule has 0 bridgehead atoms. The Labute approximate surface area is 227 Å². The second-order valence-corrected chi connectivity index (χ2v) is 10.1. The Bertz CT molecular complexity index is 1680. The number of alkyl halides is 3. The van der Waals surface area contributed by atoms with Crippen LogP contribution in [-0.2, 0) is 30.6 Å². The first kappa shape index (κ1) is 28.8. The number of hydrogen-bond donors (Lipinski definition) is 0. The first-order valence-electron chi connectivity index (χ1n) is 13.0. The Morgan fingerprint density at radius 3 is 2.42 bits per heavy atom. The summed E-state index contributed by atoms with van der Waals surface area (Å²) in [6.07, 6.45) is -0.566. The van der Waals surface area contributed by atoms with Crippen molar-refractivity contribution in [2.24, 2.45) is 5.41 Å². The van der Waals surface area contributed by atoms with E-state index in [1.165, 1.54) is 27.7 Å². The number of carbonyl (C=O) groups is 1. The van der Waals surface area contributed by atoms with Crippen LogP contribution in [-0.4, -0.2) is 34.6 Å². The molecule has 0 unspecified atom stereocenters. The maximum atomic E-state index is 13.5. The maximum Gasteiger partial charge on any atom is 0.416 e. The van der Waals surface area contributed by atoms with Gasteiger partial charge in [-0.05, 0) is 51.3 Å². The highest BCUT2D eigenvalue weighted by Gasteiger charge is 2.32. The van der Waals surface area contributed by atoms with Gasteiger partial charge in [-0.15, -0.1) is 4.73 Å². The molecule has 0 N–H and O–H groups in total. The van der Waals surface area contributed by atoms with Crippen LogP contribution < -0.4 is 16.1 Å². The smallest absolute Gasteiger partial charge is 0.334 e. The van der Waals surface area contributed by atoms with Gasteiger partial charge in [-0.25, -0.2) is 14.6 Å². The Balaban J connectivity index is 1.88. The van der Waals surface area contributed by atoms with Crippen LogP contribution in [0.2, 0.25) is 0 Å². The largest absolute Gasteiger partial charge is 0.416 e. The van der Waals surface area contributed by atoms with Crippen LogP contribution in [0.3, 0.4) is 0 Å². The van der Waals surface area contributed by atoms with Crippen molar-refractivity contribution in [2.45, 2.75) is 73.3 Å². The fourth-order valence-electron chi connectivity index (χ4n) is 4.14. The van der Waals surface area contributed by atoms with Gasteiger partial charge in [0.25, 0.3) is 5.56 Å². The van der Waals surface area contributed by atoms with Crippen molar-refractivity contribution in [1.82, 2.24) is 28.6 Å². The summed E-state index contributed by atoms with van der Waals surface area (Å²) in [5.74, 6) is -0.555. The Kier molecular flexibility index (Phi) is 7.77. The zero-order valence-corrected chi connectivity index (χ0v) is 22.9. The predicted molar refractivity (Wildman–Crippen MR) is 142 cm³/mol. The Morgan fingerprint density at radius 2 is 1.80 bits per heavy atom. The summed E-state index contributed by atoms with van der Waals surface area (Å²) >= 11 is 0. The normalized spacial score (nSPS) is 12.3. The van der Waals surface area contributed by atoms with E-state index in [1.54, 1.807) is 26.8 Å². The van der Waals surface area contributed by atoms with Crippen molar-refractivity contribution in [3.8, 4) is 11.4 Å². The lowest BCUT2D eigenvalue weighted by atomic mass is 9.91. The van der Waals surface area contributed by atoms with Gasteiger partial charge in [-0.3, -0.25) is 18.6 Å². The minimum atomic E-state index is -4.48. The summed E-state index contributed by atoms with van der Waals surface area (Å²) in [7, 11) is 0. The molecule has 0 fully saturated rings. The van der Waals surface area contributed by atoms with Crippen LogP contribution in [0.15, 0.2) is 46.2 Å². The van der Waals surface area contributed by atoms with Crippen molar-refractivity contribution in [2.75, 3.05) is 0 Å². The fraction of sp³-hybridized carbons (Fsp3) is 0.444. The van der Waals surface area contributed by atoms with Crippen LogP contribution in [0.25, 0.3) is 22.6 Å². The predicted octanol–water partition coefficient (Wildman–Crippen LogP) is 4.11. The molecule has 0 atom stereocenters. The number of benzene rings is 1. The standard InChI is InChI=1S/C27H31F3N6O4/c1-6-12-35-23(37)20-22(34(8-3)25(35)39)32-21(36(20)40-24(38)26(4,5)7-2)18-14-31-33(16-18)15-17-10-9-11-19(13-17)27(28,29)30/h9-11,13-14,16H,6-8,12,15H2,1-5H3. The molecule has 40 heavy (non-hydrogen) atoms. The van der Waals surface area contributed by atoms with Gasteiger partial charge >= 0.3 is 17.8 Å². The van der Waals surface area contributed by atoms with E-state index >= 15 is 0 Å². The molecular weight excluding hydrogens is 529 g/mol. The average molecular weight is 561 g/mol. The van der Waals surface area contributed by atoms with Crippen LogP contribution in [0.5, 0.6) is 0 Å². The summed E-state index contributed by atoms with van der Waals surface area (Å²) in [6.45, 7) is 9.20. The summed E-state index contributed by atoms with van der Waals surface area (Å²) in [5.41, 5.74) is -2.15. The number of aromatic nitrogens is 6. The van der Waals surface area contributed by atoms with E-state index in [1.807, 2.05) is 13.8 Å². The van der Waals surface area contributed by atoms with E-state index < -0.39 is 34.4 Å². The monoisotopic (exact) mass is 560 g/mol. The quantitative estimate of drug-likeness (QED) is 0.305. The van der Waals surface area contributed by atoms with Gasteiger partial charge in [-0.1, -0.05) is 26.0 Å². The van der Waals surface area contributed by atoms with Crippen molar-refractivity contribution in [3.05, 3.63) is 68.6 Å². The number of aryl methyl sites for hydroxylation is 1. The number of imidazole rings is 1. The summed E-state index contributed by atoms with van der Waals surface area (Å²) in [4.78, 5) is 50.0. The zero-order valence-electron chi connectivity index (χ0n) is 22.9. The van der Waals surface area contributed by atoms with E-state index in [4.69, 9.17) is 4.84 Å². The minimum absolute atomic E-state index is 0.0236. The van der Waals surface area contributed by atoms with Gasteiger partial charge < -0.3 is 4.84 Å². The molecule has 0 saturated carbocycles. The molecule has 0 spiro atoms. The molecule has 0 saturated heterocycles. The van der Waals surface area contributed by atoms with Gasteiger partial charge in [0.2, 0.25) is 0 Å². The summed E-state index contributed by atoms with van der Waals surface area (Å²) in [6, 6.07) is 4.91. The highest BCUT2D eigenvalue weighted by Crippen LogP contribution is 2.30. The van der Waals surface area contributed by atoms with Crippen LogP contribution in [0, 0.1) is 5.41 Å². The Morgan fingerprint density at radius 1 is 1.07 bits per heavy atom. The minimum Gasteiger partial charge on any atom is -0.334 e.